The Morgan fingerprint density at radius 1 is 1.12 bits per heavy atom. The number of halogens is 1. The largest absolute Gasteiger partial charge is 0.456 e. The highest BCUT2D eigenvalue weighted by molar-refractivity contribution is 9.10. The van der Waals surface area contributed by atoms with Crippen molar-refractivity contribution < 1.29 is 4.74 Å². The summed E-state index contributed by atoms with van der Waals surface area (Å²) in [6, 6.07) is 11.3. The van der Waals surface area contributed by atoms with Crippen LogP contribution in [0.5, 0.6) is 11.5 Å². The molecule has 0 radical (unpaired) electrons. The van der Waals surface area contributed by atoms with E-state index < -0.39 is 0 Å². The first-order valence-electron chi connectivity index (χ1n) is 5.30. The van der Waals surface area contributed by atoms with E-state index in [9.17, 15) is 0 Å². The van der Waals surface area contributed by atoms with Crippen LogP contribution in [0.2, 0.25) is 0 Å². The number of benzene rings is 1. The number of ether oxygens (including phenoxy) is 1. The summed E-state index contributed by atoms with van der Waals surface area (Å²) in [6.07, 6.45) is 1.68. The first-order chi connectivity index (χ1) is 8.15. The Balaban J connectivity index is 2.11. The summed E-state index contributed by atoms with van der Waals surface area (Å²) in [5.41, 5.74) is 6.58. The Labute approximate surface area is 109 Å². The molecule has 3 nitrogen and oxygen atoms in total. The number of rotatable bonds is 3. The molecule has 0 bridgehead atoms. The van der Waals surface area contributed by atoms with Crippen molar-refractivity contribution in [3.05, 3.63) is 52.8 Å². The first kappa shape index (κ1) is 12.1. The van der Waals surface area contributed by atoms with Gasteiger partial charge in [0.05, 0.1) is 11.9 Å². The van der Waals surface area contributed by atoms with Crippen molar-refractivity contribution in [2.45, 2.75) is 13.0 Å². The standard InChI is InChI=1S/C13H13BrN2O/c1-9(15)13-7-6-12(8-16-13)17-11-4-2-10(14)3-5-11/h2-9H,15H2,1H3/t9-/m0/s1. The molecule has 2 aromatic rings. The number of nitrogens with two attached hydrogens (primary N) is 1. The minimum atomic E-state index is -0.0586. The highest BCUT2D eigenvalue weighted by Gasteiger charge is 2.02. The maximum absolute atomic E-state index is 5.72. The molecule has 2 rings (SSSR count). The molecule has 0 amide bonds. The van der Waals surface area contributed by atoms with Crippen LogP contribution < -0.4 is 10.5 Å². The van der Waals surface area contributed by atoms with Gasteiger partial charge in [0.1, 0.15) is 11.5 Å². The average Bonchev–Trinajstić information content (AvgIpc) is 2.33. The molecular formula is C13H13BrN2O. The maximum Gasteiger partial charge on any atom is 0.145 e. The highest BCUT2D eigenvalue weighted by atomic mass is 79.9. The average molecular weight is 293 g/mol. The Bertz CT molecular complexity index is 480. The maximum atomic E-state index is 5.72. The second kappa shape index (κ2) is 5.29. The predicted molar refractivity (Wildman–Crippen MR) is 71.1 cm³/mol. The number of aromatic nitrogens is 1. The van der Waals surface area contributed by atoms with Crippen LogP contribution in [0.25, 0.3) is 0 Å². The lowest BCUT2D eigenvalue weighted by Crippen LogP contribution is -2.06. The van der Waals surface area contributed by atoms with Crippen LogP contribution in [0.3, 0.4) is 0 Å². The monoisotopic (exact) mass is 292 g/mol. The first-order valence-corrected chi connectivity index (χ1v) is 6.09. The smallest absolute Gasteiger partial charge is 0.145 e. The molecule has 0 saturated heterocycles. The van der Waals surface area contributed by atoms with Gasteiger partial charge in [0.25, 0.3) is 0 Å². The van der Waals surface area contributed by atoms with E-state index in [1.54, 1.807) is 6.20 Å². The van der Waals surface area contributed by atoms with Gasteiger partial charge in [0.2, 0.25) is 0 Å². The van der Waals surface area contributed by atoms with Crippen LogP contribution >= 0.6 is 15.9 Å². The molecule has 0 spiro atoms. The Kier molecular flexibility index (Phi) is 3.76. The van der Waals surface area contributed by atoms with Crippen LogP contribution in [-0.2, 0) is 0 Å². The lowest BCUT2D eigenvalue weighted by molar-refractivity contribution is 0.479. The van der Waals surface area contributed by atoms with Crippen LogP contribution in [0.1, 0.15) is 18.7 Å². The third kappa shape index (κ3) is 3.28. The molecule has 0 aliphatic heterocycles. The molecule has 88 valence electrons. The third-order valence-corrected chi connectivity index (χ3v) is 2.80. The van der Waals surface area contributed by atoms with Crippen molar-refractivity contribution in [3.63, 3.8) is 0 Å². The molecule has 1 atom stereocenters. The van der Waals surface area contributed by atoms with Gasteiger partial charge in [0.15, 0.2) is 0 Å². The van der Waals surface area contributed by atoms with Gasteiger partial charge in [-0.2, -0.15) is 0 Å². The molecule has 0 unspecified atom stereocenters. The molecule has 1 aromatic heterocycles. The van der Waals surface area contributed by atoms with E-state index >= 15 is 0 Å². The summed E-state index contributed by atoms with van der Waals surface area (Å²) >= 11 is 3.37. The van der Waals surface area contributed by atoms with Crippen LogP contribution in [0.4, 0.5) is 0 Å². The third-order valence-electron chi connectivity index (χ3n) is 2.28. The quantitative estimate of drug-likeness (QED) is 0.939. The fraction of sp³-hybridized carbons (Fsp3) is 0.154. The fourth-order valence-corrected chi connectivity index (χ4v) is 1.62. The van der Waals surface area contributed by atoms with Gasteiger partial charge in [-0.1, -0.05) is 15.9 Å². The van der Waals surface area contributed by atoms with Crippen molar-refractivity contribution in [2.75, 3.05) is 0 Å². The Morgan fingerprint density at radius 2 is 1.76 bits per heavy atom. The summed E-state index contributed by atoms with van der Waals surface area (Å²) in [4.78, 5) is 4.23. The zero-order chi connectivity index (χ0) is 12.3. The summed E-state index contributed by atoms with van der Waals surface area (Å²) < 4.78 is 6.67. The second-order valence-corrected chi connectivity index (χ2v) is 4.68. The Morgan fingerprint density at radius 3 is 2.29 bits per heavy atom. The van der Waals surface area contributed by atoms with Crippen LogP contribution in [0.15, 0.2) is 47.1 Å². The van der Waals surface area contributed by atoms with Gasteiger partial charge >= 0.3 is 0 Å². The zero-order valence-corrected chi connectivity index (χ0v) is 11.0. The molecule has 0 saturated carbocycles. The van der Waals surface area contributed by atoms with E-state index in [4.69, 9.17) is 10.5 Å². The summed E-state index contributed by atoms with van der Waals surface area (Å²) in [5, 5.41) is 0. The molecule has 4 heteroatoms. The normalized spacial score (nSPS) is 12.2. The number of pyridine rings is 1. The van der Waals surface area contributed by atoms with Gasteiger partial charge in [-0.15, -0.1) is 0 Å². The molecule has 17 heavy (non-hydrogen) atoms. The van der Waals surface area contributed by atoms with Crippen molar-refractivity contribution in [2.24, 2.45) is 5.73 Å². The summed E-state index contributed by atoms with van der Waals surface area (Å²) in [6.45, 7) is 1.90. The van der Waals surface area contributed by atoms with Crippen LogP contribution in [0, 0.1) is 0 Å². The topological polar surface area (TPSA) is 48.1 Å². The molecule has 2 N–H and O–H groups in total. The second-order valence-electron chi connectivity index (χ2n) is 3.76. The number of hydrogen-bond donors (Lipinski definition) is 1. The lowest BCUT2D eigenvalue weighted by Gasteiger charge is -2.07. The fourth-order valence-electron chi connectivity index (χ4n) is 1.36. The molecule has 1 aromatic carbocycles. The van der Waals surface area contributed by atoms with Crippen molar-refractivity contribution in [3.8, 4) is 11.5 Å². The molecule has 0 aliphatic carbocycles. The van der Waals surface area contributed by atoms with E-state index in [-0.39, 0.29) is 6.04 Å². The van der Waals surface area contributed by atoms with Crippen molar-refractivity contribution in [1.82, 2.24) is 4.98 Å². The van der Waals surface area contributed by atoms with E-state index in [2.05, 4.69) is 20.9 Å². The van der Waals surface area contributed by atoms with E-state index in [0.717, 1.165) is 15.9 Å². The number of hydrogen-bond acceptors (Lipinski definition) is 3. The number of nitrogens with zero attached hydrogens (tertiary/aromatic N) is 1. The van der Waals surface area contributed by atoms with Gasteiger partial charge in [0, 0.05) is 10.5 Å². The molecule has 0 fully saturated rings. The highest BCUT2D eigenvalue weighted by Crippen LogP contribution is 2.23. The lowest BCUT2D eigenvalue weighted by atomic mass is 10.2. The van der Waals surface area contributed by atoms with Gasteiger partial charge in [-0.3, -0.25) is 4.98 Å². The van der Waals surface area contributed by atoms with Crippen molar-refractivity contribution in [1.29, 1.82) is 0 Å². The van der Waals surface area contributed by atoms with E-state index in [1.165, 1.54) is 0 Å². The minimum Gasteiger partial charge on any atom is -0.456 e. The molecule has 0 aliphatic rings. The molecule has 1 heterocycles. The predicted octanol–water partition coefficient (Wildman–Crippen LogP) is 3.66. The van der Waals surface area contributed by atoms with E-state index in [0.29, 0.717) is 5.75 Å². The van der Waals surface area contributed by atoms with Crippen LogP contribution in [-0.4, -0.2) is 4.98 Å². The SMILES string of the molecule is C[C@H](N)c1ccc(Oc2ccc(Br)cc2)cn1. The van der Waals surface area contributed by atoms with Gasteiger partial charge in [-0.05, 0) is 43.3 Å². The summed E-state index contributed by atoms with van der Waals surface area (Å²) in [7, 11) is 0. The summed E-state index contributed by atoms with van der Waals surface area (Å²) in [5.74, 6) is 1.49. The van der Waals surface area contributed by atoms with E-state index in [1.807, 2.05) is 43.3 Å². The van der Waals surface area contributed by atoms with Gasteiger partial charge < -0.3 is 10.5 Å². The Hall–Kier alpha value is -1.39. The minimum absolute atomic E-state index is 0.0586. The zero-order valence-electron chi connectivity index (χ0n) is 9.43. The van der Waals surface area contributed by atoms with Gasteiger partial charge in [-0.25, -0.2) is 0 Å². The molecular weight excluding hydrogens is 280 g/mol. The van der Waals surface area contributed by atoms with Crippen molar-refractivity contribution >= 4 is 15.9 Å².